The molecule has 0 aliphatic rings. The van der Waals surface area contributed by atoms with Crippen LogP contribution >= 0.6 is 23.5 Å². The number of hydrogen-bond donors (Lipinski definition) is 1. The minimum atomic E-state index is -0.246. The Hall–Kier alpha value is -1.68. The van der Waals surface area contributed by atoms with E-state index >= 15 is 0 Å². The van der Waals surface area contributed by atoms with Gasteiger partial charge in [0.15, 0.2) is 0 Å². The van der Waals surface area contributed by atoms with Crippen LogP contribution in [-0.2, 0) is 4.08 Å². The molecule has 0 saturated carbocycles. The van der Waals surface area contributed by atoms with Crippen molar-refractivity contribution in [3.63, 3.8) is 0 Å². The van der Waals surface area contributed by atoms with Crippen molar-refractivity contribution in [1.29, 1.82) is 0 Å². The molecule has 0 aromatic heterocycles. The van der Waals surface area contributed by atoms with Crippen LogP contribution in [0.15, 0.2) is 101 Å². The van der Waals surface area contributed by atoms with Gasteiger partial charge >= 0.3 is 0 Å². The first-order valence-corrected chi connectivity index (χ1v) is 9.19. The van der Waals surface area contributed by atoms with Crippen molar-refractivity contribution in [2.75, 3.05) is 6.54 Å². The third-order valence-corrected chi connectivity index (χ3v) is 6.51. The predicted molar refractivity (Wildman–Crippen MR) is 102 cm³/mol. The van der Waals surface area contributed by atoms with Gasteiger partial charge in [0, 0.05) is 16.3 Å². The fourth-order valence-electron chi connectivity index (χ4n) is 2.39. The second-order valence-corrected chi connectivity index (χ2v) is 8.16. The van der Waals surface area contributed by atoms with Gasteiger partial charge in [-0.3, -0.25) is 0 Å². The monoisotopic (exact) mass is 337 g/mol. The van der Waals surface area contributed by atoms with Gasteiger partial charge in [-0.2, -0.15) is 0 Å². The molecule has 1 nitrogen and oxygen atoms in total. The molecule has 0 radical (unpaired) electrons. The SMILES string of the molecule is NCC(Sc1ccccc1)(Sc1ccccc1)c1ccccc1. The number of nitrogens with two attached hydrogens (primary N) is 1. The highest BCUT2D eigenvalue weighted by atomic mass is 32.2. The minimum absolute atomic E-state index is 0.246. The van der Waals surface area contributed by atoms with Crippen molar-refractivity contribution in [1.82, 2.24) is 0 Å². The average molecular weight is 338 g/mol. The highest BCUT2D eigenvalue weighted by Crippen LogP contribution is 2.52. The van der Waals surface area contributed by atoms with E-state index in [1.54, 1.807) is 0 Å². The number of hydrogen-bond acceptors (Lipinski definition) is 3. The molecule has 23 heavy (non-hydrogen) atoms. The summed E-state index contributed by atoms with van der Waals surface area (Å²) in [7, 11) is 0. The molecule has 0 amide bonds. The van der Waals surface area contributed by atoms with Gasteiger partial charge in [0.05, 0.1) is 0 Å². The van der Waals surface area contributed by atoms with E-state index in [1.807, 2.05) is 41.7 Å². The van der Waals surface area contributed by atoms with Gasteiger partial charge < -0.3 is 5.73 Å². The van der Waals surface area contributed by atoms with E-state index in [2.05, 4.69) is 72.8 Å². The Morgan fingerprint density at radius 1 is 0.609 bits per heavy atom. The smallest absolute Gasteiger partial charge is 0.107 e. The summed E-state index contributed by atoms with van der Waals surface area (Å²) in [5.74, 6) is 0. The van der Waals surface area contributed by atoms with Crippen LogP contribution in [-0.4, -0.2) is 6.54 Å². The Labute approximate surface area is 146 Å². The lowest BCUT2D eigenvalue weighted by atomic mass is 10.1. The van der Waals surface area contributed by atoms with Crippen LogP contribution in [0.5, 0.6) is 0 Å². The molecular weight excluding hydrogens is 318 g/mol. The summed E-state index contributed by atoms with van der Waals surface area (Å²) in [4.78, 5) is 2.45. The van der Waals surface area contributed by atoms with Crippen LogP contribution in [0.3, 0.4) is 0 Å². The van der Waals surface area contributed by atoms with Gasteiger partial charge in [0.25, 0.3) is 0 Å². The molecule has 0 unspecified atom stereocenters. The maximum Gasteiger partial charge on any atom is 0.107 e. The van der Waals surface area contributed by atoms with Gasteiger partial charge in [0.1, 0.15) is 4.08 Å². The Kier molecular flexibility index (Phi) is 5.44. The first kappa shape index (κ1) is 16.2. The van der Waals surface area contributed by atoms with Crippen LogP contribution in [0.1, 0.15) is 5.56 Å². The largest absolute Gasteiger partial charge is 0.328 e. The van der Waals surface area contributed by atoms with E-state index in [4.69, 9.17) is 5.73 Å². The second-order valence-electron chi connectivity index (χ2n) is 5.15. The van der Waals surface area contributed by atoms with E-state index in [0.29, 0.717) is 6.54 Å². The van der Waals surface area contributed by atoms with Gasteiger partial charge in [-0.25, -0.2) is 0 Å². The van der Waals surface area contributed by atoms with Crippen molar-refractivity contribution in [2.45, 2.75) is 13.9 Å². The molecule has 0 saturated heterocycles. The molecule has 2 N–H and O–H groups in total. The Morgan fingerprint density at radius 3 is 1.39 bits per heavy atom. The highest BCUT2D eigenvalue weighted by molar-refractivity contribution is 8.17. The van der Waals surface area contributed by atoms with Crippen LogP contribution in [0.2, 0.25) is 0 Å². The topological polar surface area (TPSA) is 26.0 Å². The zero-order valence-electron chi connectivity index (χ0n) is 12.8. The van der Waals surface area contributed by atoms with E-state index in [0.717, 1.165) is 0 Å². The third kappa shape index (κ3) is 3.99. The zero-order chi connectivity index (χ0) is 16.0. The molecule has 3 rings (SSSR count). The Bertz CT molecular complexity index is 673. The van der Waals surface area contributed by atoms with Crippen LogP contribution in [0, 0.1) is 0 Å². The summed E-state index contributed by atoms with van der Waals surface area (Å²) >= 11 is 3.64. The van der Waals surface area contributed by atoms with Gasteiger partial charge in [0.2, 0.25) is 0 Å². The molecule has 3 heteroatoms. The molecule has 0 aliphatic heterocycles. The Balaban J connectivity index is 2.00. The number of rotatable bonds is 6. The lowest BCUT2D eigenvalue weighted by molar-refractivity contribution is 0.875. The molecule has 0 atom stereocenters. The van der Waals surface area contributed by atoms with E-state index in [9.17, 15) is 0 Å². The molecule has 0 spiro atoms. The van der Waals surface area contributed by atoms with Crippen molar-refractivity contribution in [3.05, 3.63) is 96.6 Å². The summed E-state index contributed by atoms with van der Waals surface area (Å²) < 4.78 is -0.246. The molecule has 0 aliphatic carbocycles. The third-order valence-electron chi connectivity index (χ3n) is 3.53. The maximum atomic E-state index is 6.29. The molecule has 0 fully saturated rings. The summed E-state index contributed by atoms with van der Waals surface area (Å²) in [6, 6.07) is 31.5. The average Bonchev–Trinajstić information content (AvgIpc) is 2.63. The van der Waals surface area contributed by atoms with E-state index < -0.39 is 0 Å². The quantitative estimate of drug-likeness (QED) is 0.483. The highest BCUT2D eigenvalue weighted by Gasteiger charge is 2.33. The van der Waals surface area contributed by atoms with Crippen molar-refractivity contribution in [2.24, 2.45) is 5.73 Å². The first-order chi connectivity index (χ1) is 11.3. The summed E-state index contributed by atoms with van der Waals surface area (Å²) in [6.07, 6.45) is 0. The predicted octanol–water partition coefficient (Wildman–Crippen LogP) is 5.38. The van der Waals surface area contributed by atoms with Gasteiger partial charge in [-0.15, -0.1) is 23.5 Å². The molecule has 0 bridgehead atoms. The van der Waals surface area contributed by atoms with E-state index in [1.165, 1.54) is 15.4 Å². The fraction of sp³-hybridized carbons (Fsp3) is 0.100. The first-order valence-electron chi connectivity index (χ1n) is 7.56. The standard InChI is InChI=1S/C20H19NS2/c21-16-20(17-10-4-1-5-11-17,22-18-12-6-2-7-13-18)23-19-14-8-3-9-15-19/h1-15H,16,21H2. The zero-order valence-corrected chi connectivity index (χ0v) is 14.4. The molecule has 116 valence electrons. The van der Waals surface area contributed by atoms with Crippen LogP contribution in [0.4, 0.5) is 0 Å². The lowest BCUT2D eigenvalue weighted by Crippen LogP contribution is -2.28. The number of thioether (sulfide) groups is 2. The van der Waals surface area contributed by atoms with Gasteiger partial charge in [-0.05, 0) is 29.8 Å². The number of benzene rings is 3. The van der Waals surface area contributed by atoms with Crippen LogP contribution in [0.25, 0.3) is 0 Å². The van der Waals surface area contributed by atoms with Crippen molar-refractivity contribution in [3.8, 4) is 0 Å². The van der Waals surface area contributed by atoms with Crippen molar-refractivity contribution < 1.29 is 0 Å². The molecule has 0 heterocycles. The molecule has 3 aromatic rings. The second kappa shape index (κ2) is 7.73. The summed E-state index contributed by atoms with van der Waals surface area (Å²) in [6.45, 7) is 0.552. The van der Waals surface area contributed by atoms with Crippen LogP contribution < -0.4 is 5.73 Å². The molecule has 3 aromatic carbocycles. The summed E-state index contributed by atoms with van der Waals surface area (Å²) in [5.41, 5.74) is 7.53. The fourth-order valence-corrected chi connectivity index (χ4v) is 5.16. The van der Waals surface area contributed by atoms with Crippen molar-refractivity contribution >= 4 is 23.5 Å². The summed E-state index contributed by atoms with van der Waals surface area (Å²) in [5, 5.41) is 0. The normalized spacial score (nSPS) is 11.3. The van der Waals surface area contributed by atoms with Gasteiger partial charge in [-0.1, -0.05) is 66.7 Å². The van der Waals surface area contributed by atoms with E-state index in [-0.39, 0.29) is 4.08 Å². The Morgan fingerprint density at radius 2 is 1.00 bits per heavy atom. The minimum Gasteiger partial charge on any atom is -0.328 e. The maximum absolute atomic E-state index is 6.29. The lowest BCUT2D eigenvalue weighted by Gasteiger charge is -2.32. The molecular formula is C20H19NS2.